The molecule has 1 aromatic carbocycles. The van der Waals surface area contributed by atoms with Gasteiger partial charge in [0, 0.05) is 18.3 Å². The van der Waals surface area contributed by atoms with Crippen molar-refractivity contribution in [3.8, 4) is 11.5 Å². The zero-order chi connectivity index (χ0) is 19.3. The van der Waals surface area contributed by atoms with Crippen molar-refractivity contribution in [1.29, 1.82) is 0 Å². The second-order valence-electron chi connectivity index (χ2n) is 7.13. The lowest BCUT2D eigenvalue weighted by atomic mass is 10.2. The molecule has 3 aromatic rings. The third kappa shape index (κ3) is 4.20. The van der Waals surface area contributed by atoms with Gasteiger partial charge in [0.2, 0.25) is 0 Å². The summed E-state index contributed by atoms with van der Waals surface area (Å²) in [6.07, 6.45) is 5.47. The average Bonchev–Trinajstić information content (AvgIpc) is 3.36. The van der Waals surface area contributed by atoms with Crippen molar-refractivity contribution < 1.29 is 9.47 Å². The van der Waals surface area contributed by atoms with Crippen molar-refractivity contribution in [2.75, 3.05) is 38.7 Å². The lowest BCUT2D eigenvalue weighted by Crippen LogP contribution is -2.21. The van der Waals surface area contributed by atoms with Gasteiger partial charge in [0.25, 0.3) is 0 Å². The lowest BCUT2D eigenvalue weighted by Gasteiger charge is -2.16. The highest BCUT2D eigenvalue weighted by molar-refractivity contribution is 5.62. The Morgan fingerprint density at radius 2 is 1.96 bits per heavy atom. The number of aryl methyl sites for hydroxylation is 1. The maximum absolute atomic E-state index is 6.02. The normalized spacial score (nSPS) is 14.5. The first-order valence-electron chi connectivity index (χ1n) is 9.84. The van der Waals surface area contributed by atoms with Crippen LogP contribution in [0.5, 0.6) is 11.5 Å². The molecule has 0 bridgehead atoms. The standard InChI is InChI=1S/C21H27N5O2/c1-16-15-22-21-9-8-20(24-26(16)21)23-17-6-7-18(27-2)19(14-17)28-13-5-12-25-10-3-4-11-25/h6-9,14-15H,3-5,10-13H2,1-2H3,(H,23,24). The summed E-state index contributed by atoms with van der Waals surface area (Å²) in [4.78, 5) is 6.80. The number of fused-ring (bicyclic) bond motifs is 1. The molecule has 28 heavy (non-hydrogen) atoms. The predicted molar refractivity (Wildman–Crippen MR) is 110 cm³/mol. The fourth-order valence-corrected chi connectivity index (χ4v) is 3.55. The van der Waals surface area contributed by atoms with E-state index in [-0.39, 0.29) is 0 Å². The number of benzene rings is 1. The zero-order valence-electron chi connectivity index (χ0n) is 16.5. The van der Waals surface area contributed by atoms with E-state index in [1.54, 1.807) is 7.11 Å². The summed E-state index contributed by atoms with van der Waals surface area (Å²) < 4.78 is 13.3. The van der Waals surface area contributed by atoms with Gasteiger partial charge in [0.05, 0.1) is 25.6 Å². The van der Waals surface area contributed by atoms with Crippen molar-refractivity contribution in [3.05, 3.63) is 42.2 Å². The topological polar surface area (TPSA) is 63.9 Å². The fraction of sp³-hybridized carbons (Fsp3) is 0.429. The molecule has 1 saturated heterocycles. The smallest absolute Gasteiger partial charge is 0.163 e. The molecule has 1 N–H and O–H groups in total. The highest BCUT2D eigenvalue weighted by atomic mass is 16.5. The average molecular weight is 381 g/mol. The van der Waals surface area contributed by atoms with Gasteiger partial charge in [-0.05, 0) is 63.5 Å². The van der Waals surface area contributed by atoms with Crippen LogP contribution >= 0.6 is 0 Å². The number of likely N-dealkylation sites (tertiary alicyclic amines) is 1. The van der Waals surface area contributed by atoms with Crippen LogP contribution in [0, 0.1) is 6.92 Å². The zero-order valence-corrected chi connectivity index (χ0v) is 16.5. The van der Waals surface area contributed by atoms with Crippen LogP contribution in [0.4, 0.5) is 11.5 Å². The molecule has 0 saturated carbocycles. The van der Waals surface area contributed by atoms with E-state index in [4.69, 9.17) is 9.47 Å². The maximum atomic E-state index is 6.02. The number of methoxy groups -OCH3 is 1. The minimum absolute atomic E-state index is 0.675. The summed E-state index contributed by atoms with van der Waals surface area (Å²) in [5, 5.41) is 7.92. The van der Waals surface area contributed by atoms with Crippen LogP contribution in [0.15, 0.2) is 36.5 Å². The minimum atomic E-state index is 0.675. The van der Waals surface area contributed by atoms with Gasteiger partial charge in [-0.25, -0.2) is 9.50 Å². The molecular formula is C21H27N5O2. The van der Waals surface area contributed by atoms with E-state index in [1.165, 1.54) is 25.9 Å². The van der Waals surface area contributed by atoms with E-state index in [0.29, 0.717) is 6.61 Å². The Morgan fingerprint density at radius 3 is 2.79 bits per heavy atom. The molecule has 0 spiro atoms. The van der Waals surface area contributed by atoms with E-state index in [9.17, 15) is 0 Å². The number of rotatable bonds is 8. The molecule has 148 valence electrons. The SMILES string of the molecule is COc1ccc(Nc2ccc3ncc(C)n3n2)cc1OCCCN1CCCC1. The molecule has 0 radical (unpaired) electrons. The van der Waals surface area contributed by atoms with Crippen molar-refractivity contribution in [3.63, 3.8) is 0 Å². The minimum Gasteiger partial charge on any atom is -0.493 e. The Labute approximate surface area is 165 Å². The van der Waals surface area contributed by atoms with E-state index in [2.05, 4.69) is 20.3 Å². The number of ether oxygens (including phenoxy) is 2. The first kappa shape index (κ1) is 18.6. The number of hydrogen-bond acceptors (Lipinski definition) is 6. The molecule has 1 aliphatic heterocycles. The molecule has 0 unspecified atom stereocenters. The monoisotopic (exact) mass is 381 g/mol. The third-order valence-corrected chi connectivity index (χ3v) is 5.04. The van der Waals surface area contributed by atoms with Crippen LogP contribution in [0.1, 0.15) is 25.0 Å². The molecule has 3 heterocycles. The molecule has 7 heteroatoms. The summed E-state index contributed by atoms with van der Waals surface area (Å²) in [5.74, 6) is 2.23. The molecule has 4 rings (SSSR count). The Bertz CT molecular complexity index is 934. The van der Waals surface area contributed by atoms with E-state index in [0.717, 1.165) is 47.3 Å². The van der Waals surface area contributed by atoms with Crippen molar-refractivity contribution in [2.45, 2.75) is 26.2 Å². The second kappa shape index (κ2) is 8.48. The molecule has 0 aliphatic carbocycles. The summed E-state index contributed by atoms with van der Waals surface area (Å²) >= 11 is 0. The fourth-order valence-electron chi connectivity index (χ4n) is 3.55. The Morgan fingerprint density at radius 1 is 1.11 bits per heavy atom. The van der Waals surface area contributed by atoms with Gasteiger partial charge in [0.1, 0.15) is 0 Å². The first-order chi connectivity index (χ1) is 13.7. The molecule has 2 aromatic heterocycles. The quantitative estimate of drug-likeness (QED) is 0.601. The summed E-state index contributed by atoms with van der Waals surface area (Å²) in [7, 11) is 1.66. The van der Waals surface area contributed by atoms with Gasteiger partial charge in [-0.3, -0.25) is 0 Å². The molecule has 0 atom stereocenters. The van der Waals surface area contributed by atoms with Gasteiger partial charge >= 0.3 is 0 Å². The predicted octanol–water partition coefficient (Wildman–Crippen LogP) is 3.65. The van der Waals surface area contributed by atoms with Crippen LogP contribution in [0.3, 0.4) is 0 Å². The van der Waals surface area contributed by atoms with Crippen LogP contribution in [-0.4, -0.2) is 52.8 Å². The number of imidazole rings is 1. The molecule has 1 aliphatic rings. The Kier molecular flexibility index (Phi) is 5.62. The van der Waals surface area contributed by atoms with E-state index in [1.807, 2.05) is 48.0 Å². The van der Waals surface area contributed by atoms with Gasteiger partial charge in [-0.15, -0.1) is 5.10 Å². The number of anilines is 2. The van der Waals surface area contributed by atoms with Crippen LogP contribution in [0.25, 0.3) is 5.65 Å². The number of nitrogens with one attached hydrogen (secondary N) is 1. The Balaban J connectivity index is 1.42. The molecule has 0 amide bonds. The van der Waals surface area contributed by atoms with Crippen molar-refractivity contribution in [1.82, 2.24) is 19.5 Å². The first-order valence-corrected chi connectivity index (χ1v) is 9.84. The van der Waals surface area contributed by atoms with Gasteiger partial charge in [-0.1, -0.05) is 0 Å². The van der Waals surface area contributed by atoms with Crippen molar-refractivity contribution >= 4 is 17.2 Å². The van der Waals surface area contributed by atoms with Crippen LogP contribution in [0.2, 0.25) is 0 Å². The maximum Gasteiger partial charge on any atom is 0.163 e. The number of nitrogens with zero attached hydrogens (tertiary/aromatic N) is 4. The van der Waals surface area contributed by atoms with E-state index < -0.39 is 0 Å². The largest absolute Gasteiger partial charge is 0.493 e. The van der Waals surface area contributed by atoms with Crippen LogP contribution in [-0.2, 0) is 0 Å². The molecule has 7 nitrogen and oxygen atoms in total. The molecular weight excluding hydrogens is 354 g/mol. The van der Waals surface area contributed by atoms with Gasteiger partial charge in [-0.2, -0.15) is 0 Å². The van der Waals surface area contributed by atoms with E-state index >= 15 is 0 Å². The second-order valence-corrected chi connectivity index (χ2v) is 7.13. The third-order valence-electron chi connectivity index (χ3n) is 5.04. The number of aromatic nitrogens is 3. The summed E-state index contributed by atoms with van der Waals surface area (Å²) in [6.45, 7) is 6.19. The number of hydrogen-bond donors (Lipinski definition) is 1. The lowest BCUT2D eigenvalue weighted by molar-refractivity contribution is 0.254. The molecule has 1 fully saturated rings. The Hall–Kier alpha value is -2.80. The van der Waals surface area contributed by atoms with Crippen LogP contribution < -0.4 is 14.8 Å². The van der Waals surface area contributed by atoms with Gasteiger partial charge < -0.3 is 19.7 Å². The summed E-state index contributed by atoms with van der Waals surface area (Å²) in [5.41, 5.74) is 2.73. The highest BCUT2D eigenvalue weighted by Gasteiger charge is 2.11. The van der Waals surface area contributed by atoms with Gasteiger partial charge in [0.15, 0.2) is 23.0 Å². The highest BCUT2D eigenvalue weighted by Crippen LogP contribution is 2.31. The van der Waals surface area contributed by atoms with Crippen molar-refractivity contribution in [2.24, 2.45) is 0 Å². The summed E-state index contributed by atoms with van der Waals surface area (Å²) in [6, 6.07) is 9.70.